The van der Waals surface area contributed by atoms with Gasteiger partial charge in [-0.3, -0.25) is 0 Å². The minimum Gasteiger partial charge on any atom is -0.378 e. The first-order valence-electron chi connectivity index (χ1n) is 10.8. The summed E-state index contributed by atoms with van der Waals surface area (Å²) >= 11 is 0. The van der Waals surface area contributed by atoms with Crippen LogP contribution in [0.25, 0.3) is 0 Å². The highest BCUT2D eigenvalue weighted by Gasteiger charge is 2.34. The quantitative estimate of drug-likeness (QED) is 0.444. The van der Waals surface area contributed by atoms with Crippen molar-refractivity contribution >= 4 is 0 Å². The normalized spacial score (nSPS) is 38.6. The SMILES string of the molecule is CCCCOC1CCC(CCC2CCC(CC)CC2)C(C)C1C. The van der Waals surface area contributed by atoms with Crippen molar-refractivity contribution in [2.75, 3.05) is 6.61 Å². The Morgan fingerprint density at radius 1 is 0.783 bits per heavy atom. The lowest BCUT2D eigenvalue weighted by Crippen LogP contribution is -2.37. The predicted molar refractivity (Wildman–Crippen MR) is 101 cm³/mol. The first-order valence-corrected chi connectivity index (χ1v) is 10.8. The van der Waals surface area contributed by atoms with Gasteiger partial charge in [0.15, 0.2) is 0 Å². The van der Waals surface area contributed by atoms with E-state index >= 15 is 0 Å². The molecule has 0 amide bonds. The fourth-order valence-corrected chi connectivity index (χ4v) is 5.07. The lowest BCUT2D eigenvalue weighted by atomic mass is 9.69. The van der Waals surface area contributed by atoms with Crippen LogP contribution < -0.4 is 0 Å². The maximum Gasteiger partial charge on any atom is 0.0603 e. The Morgan fingerprint density at radius 3 is 2.13 bits per heavy atom. The van der Waals surface area contributed by atoms with Gasteiger partial charge in [0.1, 0.15) is 0 Å². The van der Waals surface area contributed by atoms with E-state index in [0.29, 0.717) is 6.10 Å². The largest absolute Gasteiger partial charge is 0.378 e. The van der Waals surface area contributed by atoms with Gasteiger partial charge >= 0.3 is 0 Å². The second-order valence-electron chi connectivity index (χ2n) is 8.69. The molecule has 0 bridgehead atoms. The van der Waals surface area contributed by atoms with Gasteiger partial charge in [0.05, 0.1) is 6.10 Å². The summed E-state index contributed by atoms with van der Waals surface area (Å²) < 4.78 is 6.17. The summed E-state index contributed by atoms with van der Waals surface area (Å²) in [5, 5.41) is 0. The van der Waals surface area contributed by atoms with Gasteiger partial charge in [0.2, 0.25) is 0 Å². The molecule has 4 atom stereocenters. The standard InChI is InChI=1S/C22H42O/c1-5-7-16-23-22-15-14-21(17(3)18(22)4)13-12-20-10-8-19(6-2)9-11-20/h17-22H,5-16H2,1-4H3. The van der Waals surface area contributed by atoms with Crippen LogP contribution in [0, 0.1) is 29.6 Å². The van der Waals surface area contributed by atoms with Crippen LogP contribution in [0.3, 0.4) is 0 Å². The zero-order valence-corrected chi connectivity index (χ0v) is 16.4. The van der Waals surface area contributed by atoms with Crippen molar-refractivity contribution in [2.24, 2.45) is 29.6 Å². The van der Waals surface area contributed by atoms with Gasteiger partial charge in [-0.2, -0.15) is 0 Å². The van der Waals surface area contributed by atoms with E-state index in [2.05, 4.69) is 27.7 Å². The summed E-state index contributed by atoms with van der Waals surface area (Å²) in [5.74, 6) is 4.64. The first-order chi connectivity index (χ1) is 11.2. The summed E-state index contributed by atoms with van der Waals surface area (Å²) in [7, 11) is 0. The third-order valence-corrected chi connectivity index (χ3v) is 7.30. The minimum absolute atomic E-state index is 0.535. The van der Waals surface area contributed by atoms with Gasteiger partial charge in [0.25, 0.3) is 0 Å². The fourth-order valence-electron chi connectivity index (χ4n) is 5.07. The molecule has 1 heteroatoms. The van der Waals surface area contributed by atoms with Crippen LogP contribution in [0.15, 0.2) is 0 Å². The van der Waals surface area contributed by atoms with Gasteiger partial charge < -0.3 is 4.74 Å². The van der Waals surface area contributed by atoms with Crippen molar-refractivity contribution in [3.05, 3.63) is 0 Å². The summed E-state index contributed by atoms with van der Waals surface area (Å²) in [6.45, 7) is 10.5. The zero-order valence-electron chi connectivity index (χ0n) is 16.4. The lowest BCUT2D eigenvalue weighted by molar-refractivity contribution is -0.0440. The Bertz CT molecular complexity index is 305. The van der Waals surface area contributed by atoms with Gasteiger partial charge in [0, 0.05) is 6.61 Å². The molecule has 0 aromatic carbocycles. The van der Waals surface area contributed by atoms with Crippen LogP contribution in [0.1, 0.15) is 98.3 Å². The summed E-state index contributed by atoms with van der Waals surface area (Å²) in [4.78, 5) is 0. The molecule has 0 heterocycles. The molecule has 4 unspecified atom stereocenters. The second-order valence-corrected chi connectivity index (χ2v) is 8.69. The Balaban J connectivity index is 1.69. The smallest absolute Gasteiger partial charge is 0.0603 e. The molecule has 2 saturated carbocycles. The van der Waals surface area contributed by atoms with Gasteiger partial charge in [-0.15, -0.1) is 0 Å². The molecule has 0 N–H and O–H groups in total. The van der Waals surface area contributed by atoms with Gasteiger partial charge in [-0.25, -0.2) is 0 Å². The van der Waals surface area contributed by atoms with E-state index in [9.17, 15) is 0 Å². The van der Waals surface area contributed by atoms with Crippen LogP contribution in [0.2, 0.25) is 0 Å². The van der Waals surface area contributed by atoms with Crippen molar-refractivity contribution in [1.82, 2.24) is 0 Å². The van der Waals surface area contributed by atoms with Crippen LogP contribution in [-0.4, -0.2) is 12.7 Å². The molecule has 0 saturated heterocycles. The second kappa shape index (κ2) is 10.1. The predicted octanol–water partition coefficient (Wildman–Crippen LogP) is 6.85. The Morgan fingerprint density at radius 2 is 1.48 bits per heavy atom. The molecule has 0 spiro atoms. The Labute approximate surface area is 146 Å². The van der Waals surface area contributed by atoms with Crippen LogP contribution in [0.5, 0.6) is 0 Å². The highest BCUT2D eigenvalue weighted by Crippen LogP contribution is 2.41. The van der Waals surface area contributed by atoms with E-state index in [-0.39, 0.29) is 0 Å². The molecule has 2 rings (SSSR count). The number of hydrogen-bond acceptors (Lipinski definition) is 1. The third-order valence-electron chi connectivity index (χ3n) is 7.30. The molecule has 23 heavy (non-hydrogen) atoms. The van der Waals surface area contributed by atoms with Crippen LogP contribution in [-0.2, 0) is 4.74 Å². The first kappa shape index (κ1) is 19.3. The number of rotatable bonds is 8. The molecule has 0 aliphatic heterocycles. The zero-order chi connectivity index (χ0) is 16.7. The average molecular weight is 323 g/mol. The van der Waals surface area contributed by atoms with Crippen molar-refractivity contribution in [1.29, 1.82) is 0 Å². The molecule has 0 radical (unpaired) electrons. The summed E-state index contributed by atoms with van der Waals surface area (Å²) in [6.07, 6.45) is 16.1. The van der Waals surface area contributed by atoms with Gasteiger partial charge in [-0.1, -0.05) is 72.6 Å². The number of ether oxygens (including phenoxy) is 1. The molecular formula is C22H42O. The monoisotopic (exact) mass is 322 g/mol. The molecule has 136 valence electrons. The van der Waals surface area contributed by atoms with E-state index in [0.717, 1.165) is 36.2 Å². The summed E-state index contributed by atoms with van der Waals surface area (Å²) in [6, 6.07) is 0. The summed E-state index contributed by atoms with van der Waals surface area (Å²) in [5.41, 5.74) is 0. The fraction of sp³-hybridized carbons (Fsp3) is 1.00. The Kier molecular flexibility index (Phi) is 8.44. The van der Waals surface area contributed by atoms with Crippen molar-refractivity contribution in [2.45, 2.75) is 104 Å². The molecule has 1 nitrogen and oxygen atoms in total. The minimum atomic E-state index is 0.535. The van der Waals surface area contributed by atoms with E-state index in [4.69, 9.17) is 4.74 Å². The molecule has 0 aromatic heterocycles. The number of hydrogen-bond donors (Lipinski definition) is 0. The molecular weight excluding hydrogens is 280 g/mol. The molecule has 2 aliphatic rings. The molecule has 0 aromatic rings. The molecule has 2 aliphatic carbocycles. The third kappa shape index (κ3) is 5.76. The number of unbranched alkanes of at least 4 members (excludes halogenated alkanes) is 1. The van der Waals surface area contributed by atoms with E-state index in [1.54, 1.807) is 0 Å². The van der Waals surface area contributed by atoms with E-state index in [1.165, 1.54) is 70.6 Å². The molecule has 2 fully saturated rings. The lowest BCUT2D eigenvalue weighted by Gasteiger charge is -2.40. The Hall–Kier alpha value is -0.0400. The maximum atomic E-state index is 6.17. The van der Waals surface area contributed by atoms with Crippen molar-refractivity contribution < 1.29 is 4.74 Å². The average Bonchev–Trinajstić information content (AvgIpc) is 2.58. The topological polar surface area (TPSA) is 9.23 Å². The van der Waals surface area contributed by atoms with Crippen molar-refractivity contribution in [3.63, 3.8) is 0 Å². The highest BCUT2D eigenvalue weighted by molar-refractivity contribution is 4.84. The maximum absolute atomic E-state index is 6.17. The van der Waals surface area contributed by atoms with Crippen LogP contribution in [0.4, 0.5) is 0 Å². The van der Waals surface area contributed by atoms with Gasteiger partial charge in [-0.05, 0) is 55.3 Å². The van der Waals surface area contributed by atoms with E-state index < -0.39 is 0 Å². The highest BCUT2D eigenvalue weighted by atomic mass is 16.5. The van der Waals surface area contributed by atoms with Crippen LogP contribution >= 0.6 is 0 Å². The van der Waals surface area contributed by atoms with Crippen molar-refractivity contribution in [3.8, 4) is 0 Å². The van der Waals surface area contributed by atoms with E-state index in [1.807, 2.05) is 0 Å².